The SMILES string of the molecule is CCCNC(c1ccc(Cl)c(Cl)c1)C(C)c1ccccc1. The molecule has 0 aliphatic rings. The monoisotopic (exact) mass is 321 g/mol. The topological polar surface area (TPSA) is 12.0 Å². The molecule has 0 aromatic heterocycles. The third-order valence-electron chi connectivity index (χ3n) is 3.74. The Hall–Kier alpha value is -1.02. The van der Waals surface area contributed by atoms with Crippen molar-refractivity contribution in [3.63, 3.8) is 0 Å². The zero-order valence-corrected chi connectivity index (χ0v) is 14.0. The summed E-state index contributed by atoms with van der Waals surface area (Å²) < 4.78 is 0. The lowest BCUT2D eigenvalue weighted by molar-refractivity contribution is 0.466. The van der Waals surface area contributed by atoms with E-state index in [1.807, 2.05) is 18.2 Å². The van der Waals surface area contributed by atoms with Gasteiger partial charge in [0.05, 0.1) is 10.0 Å². The number of halogens is 2. The van der Waals surface area contributed by atoms with Crippen molar-refractivity contribution in [2.75, 3.05) is 6.54 Å². The van der Waals surface area contributed by atoms with Crippen LogP contribution in [0.2, 0.25) is 10.0 Å². The predicted octanol–water partition coefficient (Wildman–Crippen LogP) is 5.84. The smallest absolute Gasteiger partial charge is 0.0595 e. The first-order chi connectivity index (χ1) is 10.1. The fourth-order valence-electron chi connectivity index (χ4n) is 2.54. The Morgan fingerprint density at radius 1 is 0.952 bits per heavy atom. The molecule has 2 rings (SSSR count). The summed E-state index contributed by atoms with van der Waals surface area (Å²) in [5.74, 6) is 0.356. The van der Waals surface area contributed by atoms with Crippen molar-refractivity contribution in [3.05, 3.63) is 69.7 Å². The fraction of sp³-hybridized carbons (Fsp3) is 0.333. The van der Waals surface area contributed by atoms with Gasteiger partial charge < -0.3 is 5.32 Å². The molecular formula is C18H21Cl2N. The van der Waals surface area contributed by atoms with Crippen molar-refractivity contribution in [1.82, 2.24) is 5.32 Å². The zero-order chi connectivity index (χ0) is 15.2. The van der Waals surface area contributed by atoms with Gasteiger partial charge in [0.25, 0.3) is 0 Å². The maximum Gasteiger partial charge on any atom is 0.0595 e. The van der Waals surface area contributed by atoms with Crippen LogP contribution in [0.1, 0.15) is 43.4 Å². The van der Waals surface area contributed by atoms with E-state index < -0.39 is 0 Å². The summed E-state index contributed by atoms with van der Waals surface area (Å²) in [5.41, 5.74) is 2.49. The molecule has 0 amide bonds. The Kier molecular flexibility index (Phi) is 6.10. The summed E-state index contributed by atoms with van der Waals surface area (Å²) in [4.78, 5) is 0. The van der Waals surface area contributed by atoms with Gasteiger partial charge >= 0.3 is 0 Å². The predicted molar refractivity (Wildman–Crippen MR) is 92.4 cm³/mol. The number of hydrogen-bond donors (Lipinski definition) is 1. The van der Waals surface area contributed by atoms with Crippen LogP contribution in [0.15, 0.2) is 48.5 Å². The highest BCUT2D eigenvalue weighted by atomic mass is 35.5. The molecule has 0 spiro atoms. The van der Waals surface area contributed by atoms with E-state index in [9.17, 15) is 0 Å². The second-order valence-corrected chi connectivity index (χ2v) is 6.12. The summed E-state index contributed by atoms with van der Waals surface area (Å²) >= 11 is 12.2. The molecule has 2 atom stereocenters. The molecular weight excluding hydrogens is 301 g/mol. The van der Waals surface area contributed by atoms with Crippen LogP contribution in [0.4, 0.5) is 0 Å². The van der Waals surface area contributed by atoms with Crippen LogP contribution in [0.5, 0.6) is 0 Å². The standard InChI is InChI=1S/C18H21Cl2N/c1-3-11-21-18(13(2)14-7-5-4-6-8-14)15-9-10-16(19)17(20)12-15/h4-10,12-13,18,21H,3,11H2,1-2H3. The first-order valence-corrected chi connectivity index (χ1v) is 8.12. The van der Waals surface area contributed by atoms with Crippen LogP contribution in [0.25, 0.3) is 0 Å². The molecule has 2 aromatic carbocycles. The highest BCUT2D eigenvalue weighted by Gasteiger charge is 2.20. The highest BCUT2D eigenvalue weighted by molar-refractivity contribution is 6.42. The quantitative estimate of drug-likeness (QED) is 0.704. The third kappa shape index (κ3) is 4.23. The molecule has 0 saturated carbocycles. The average molecular weight is 322 g/mol. The number of hydrogen-bond acceptors (Lipinski definition) is 1. The van der Waals surface area contributed by atoms with E-state index in [2.05, 4.69) is 49.5 Å². The molecule has 112 valence electrons. The Bertz CT molecular complexity index is 569. The van der Waals surface area contributed by atoms with Crippen LogP contribution in [-0.4, -0.2) is 6.54 Å². The molecule has 0 aliphatic heterocycles. The fourth-order valence-corrected chi connectivity index (χ4v) is 2.84. The van der Waals surface area contributed by atoms with Gasteiger partial charge in [0.15, 0.2) is 0 Å². The second kappa shape index (κ2) is 7.84. The van der Waals surface area contributed by atoms with Crippen LogP contribution in [0.3, 0.4) is 0 Å². The molecule has 1 nitrogen and oxygen atoms in total. The Morgan fingerprint density at radius 2 is 1.67 bits per heavy atom. The maximum atomic E-state index is 6.18. The maximum absolute atomic E-state index is 6.18. The van der Waals surface area contributed by atoms with E-state index in [1.54, 1.807) is 0 Å². The molecule has 0 fully saturated rings. The average Bonchev–Trinajstić information content (AvgIpc) is 2.51. The van der Waals surface area contributed by atoms with Crippen LogP contribution in [-0.2, 0) is 0 Å². The van der Waals surface area contributed by atoms with Gasteiger partial charge in [0, 0.05) is 12.0 Å². The van der Waals surface area contributed by atoms with E-state index in [1.165, 1.54) is 11.1 Å². The summed E-state index contributed by atoms with van der Waals surface area (Å²) in [5, 5.41) is 4.84. The van der Waals surface area contributed by atoms with E-state index in [-0.39, 0.29) is 6.04 Å². The molecule has 2 aromatic rings. The molecule has 21 heavy (non-hydrogen) atoms. The van der Waals surface area contributed by atoms with Gasteiger partial charge in [-0.2, -0.15) is 0 Å². The third-order valence-corrected chi connectivity index (χ3v) is 4.48. The minimum absolute atomic E-state index is 0.224. The van der Waals surface area contributed by atoms with Crippen LogP contribution in [0, 0.1) is 0 Å². The normalized spacial score (nSPS) is 13.9. The molecule has 0 bridgehead atoms. The molecule has 0 saturated heterocycles. The van der Waals surface area contributed by atoms with Crippen molar-refractivity contribution in [3.8, 4) is 0 Å². The van der Waals surface area contributed by atoms with Crippen molar-refractivity contribution in [2.45, 2.75) is 32.2 Å². The van der Waals surface area contributed by atoms with E-state index >= 15 is 0 Å². The van der Waals surface area contributed by atoms with Gasteiger partial charge in [0.2, 0.25) is 0 Å². The minimum Gasteiger partial charge on any atom is -0.309 e. The van der Waals surface area contributed by atoms with Gasteiger partial charge in [-0.1, -0.05) is 73.4 Å². The van der Waals surface area contributed by atoms with Crippen molar-refractivity contribution < 1.29 is 0 Å². The first kappa shape index (κ1) is 16.4. The highest BCUT2D eigenvalue weighted by Crippen LogP contribution is 2.33. The first-order valence-electron chi connectivity index (χ1n) is 7.36. The van der Waals surface area contributed by atoms with Crippen molar-refractivity contribution in [2.24, 2.45) is 0 Å². The van der Waals surface area contributed by atoms with Gasteiger partial charge in [-0.25, -0.2) is 0 Å². The van der Waals surface area contributed by atoms with Gasteiger partial charge in [-0.15, -0.1) is 0 Å². The molecule has 1 N–H and O–H groups in total. The lowest BCUT2D eigenvalue weighted by atomic mass is 9.88. The summed E-state index contributed by atoms with van der Waals surface area (Å²) in [6, 6.07) is 16.7. The van der Waals surface area contributed by atoms with E-state index in [4.69, 9.17) is 23.2 Å². The molecule has 0 radical (unpaired) electrons. The van der Waals surface area contributed by atoms with Gasteiger partial charge in [-0.3, -0.25) is 0 Å². The van der Waals surface area contributed by atoms with Crippen LogP contribution < -0.4 is 5.32 Å². The molecule has 0 aliphatic carbocycles. The second-order valence-electron chi connectivity index (χ2n) is 5.30. The lowest BCUT2D eigenvalue weighted by Crippen LogP contribution is -2.26. The number of nitrogens with one attached hydrogen (secondary N) is 1. The lowest BCUT2D eigenvalue weighted by Gasteiger charge is -2.26. The largest absolute Gasteiger partial charge is 0.309 e. The molecule has 3 heteroatoms. The number of rotatable bonds is 6. The van der Waals surface area contributed by atoms with Crippen LogP contribution >= 0.6 is 23.2 Å². The zero-order valence-electron chi connectivity index (χ0n) is 12.4. The summed E-state index contributed by atoms with van der Waals surface area (Å²) in [6.07, 6.45) is 1.10. The van der Waals surface area contributed by atoms with Crippen molar-refractivity contribution in [1.29, 1.82) is 0 Å². The van der Waals surface area contributed by atoms with E-state index in [0.29, 0.717) is 16.0 Å². The summed E-state index contributed by atoms with van der Waals surface area (Å²) in [6.45, 7) is 5.39. The minimum atomic E-state index is 0.224. The number of benzene rings is 2. The van der Waals surface area contributed by atoms with Gasteiger partial charge in [-0.05, 0) is 36.2 Å². The molecule has 2 unspecified atom stereocenters. The van der Waals surface area contributed by atoms with Crippen molar-refractivity contribution >= 4 is 23.2 Å². The Balaban J connectivity index is 2.31. The Morgan fingerprint density at radius 3 is 2.29 bits per heavy atom. The van der Waals surface area contributed by atoms with Gasteiger partial charge in [0.1, 0.15) is 0 Å². The summed E-state index contributed by atoms with van der Waals surface area (Å²) in [7, 11) is 0. The molecule has 0 heterocycles. The Labute approximate surface area is 137 Å². The van der Waals surface area contributed by atoms with E-state index in [0.717, 1.165) is 13.0 Å².